The molecule has 0 bridgehead atoms. The fraction of sp³-hybridized carbons (Fsp3) is 0.176. The third kappa shape index (κ3) is 4.72. The fourth-order valence-corrected chi connectivity index (χ4v) is 2.23. The van der Waals surface area contributed by atoms with Crippen LogP contribution in [0.4, 0.5) is 13.2 Å². The molecule has 8 heteroatoms. The maximum absolute atomic E-state index is 13.0. The predicted molar refractivity (Wildman–Crippen MR) is 82.1 cm³/mol. The second-order valence-electron chi connectivity index (χ2n) is 5.28. The summed E-state index contributed by atoms with van der Waals surface area (Å²) in [7, 11) is 0. The summed E-state index contributed by atoms with van der Waals surface area (Å²) in [5.41, 5.74) is -1.29. The molecule has 0 aromatic heterocycles. The number of alkyl halides is 3. The first kappa shape index (κ1) is 18.3. The standard InChI is InChI=1S/C17H14F3NO4/c18-17(19,20)13-4-2-1-3-12(13)15(23)21-14(16(24)25)9-10-5-7-11(22)8-6-10/h1-8,14,22H,9H2,(H,21,23)(H,24,25). The highest BCUT2D eigenvalue weighted by Gasteiger charge is 2.35. The largest absolute Gasteiger partial charge is 0.508 e. The number of halogens is 3. The molecule has 0 aliphatic heterocycles. The van der Waals surface area contributed by atoms with Crippen LogP contribution in [0.5, 0.6) is 5.75 Å². The highest BCUT2D eigenvalue weighted by atomic mass is 19.4. The number of benzene rings is 2. The third-order valence-electron chi connectivity index (χ3n) is 3.46. The summed E-state index contributed by atoms with van der Waals surface area (Å²) in [6.45, 7) is 0. The van der Waals surface area contributed by atoms with Crippen LogP contribution in [0.25, 0.3) is 0 Å². The van der Waals surface area contributed by atoms with E-state index in [0.29, 0.717) is 5.56 Å². The normalized spacial score (nSPS) is 12.4. The van der Waals surface area contributed by atoms with E-state index in [1.54, 1.807) is 0 Å². The lowest BCUT2D eigenvalue weighted by Crippen LogP contribution is -2.42. The quantitative estimate of drug-likeness (QED) is 0.771. The van der Waals surface area contributed by atoms with E-state index in [1.807, 2.05) is 0 Å². The number of carbonyl (C=O) groups excluding carboxylic acids is 1. The zero-order chi connectivity index (χ0) is 18.6. The molecule has 0 saturated heterocycles. The van der Waals surface area contributed by atoms with Gasteiger partial charge in [-0.05, 0) is 29.8 Å². The molecule has 0 aliphatic rings. The smallest absolute Gasteiger partial charge is 0.417 e. The first-order chi connectivity index (χ1) is 11.7. The molecule has 1 unspecified atom stereocenters. The van der Waals surface area contributed by atoms with Gasteiger partial charge in [-0.1, -0.05) is 24.3 Å². The Balaban J connectivity index is 2.21. The Bertz CT molecular complexity index is 772. The molecule has 1 atom stereocenters. The van der Waals surface area contributed by atoms with Crippen LogP contribution in [0.1, 0.15) is 21.5 Å². The number of amides is 1. The van der Waals surface area contributed by atoms with Crippen LogP contribution < -0.4 is 5.32 Å². The molecule has 132 valence electrons. The van der Waals surface area contributed by atoms with Crippen molar-refractivity contribution in [2.75, 3.05) is 0 Å². The van der Waals surface area contributed by atoms with Crippen molar-refractivity contribution < 1.29 is 33.0 Å². The average molecular weight is 353 g/mol. The second kappa shape index (κ2) is 7.25. The van der Waals surface area contributed by atoms with Crippen LogP contribution in [-0.4, -0.2) is 28.1 Å². The molecule has 1 amide bonds. The molecule has 3 N–H and O–H groups in total. The Morgan fingerprint density at radius 1 is 1.04 bits per heavy atom. The van der Waals surface area contributed by atoms with E-state index in [9.17, 15) is 33.0 Å². The van der Waals surface area contributed by atoms with Crippen molar-refractivity contribution in [1.82, 2.24) is 5.32 Å². The number of carboxylic acid groups (broad SMARTS) is 1. The summed E-state index contributed by atoms with van der Waals surface area (Å²) >= 11 is 0. The minimum Gasteiger partial charge on any atom is -0.508 e. The molecule has 2 rings (SSSR count). The first-order valence-corrected chi connectivity index (χ1v) is 7.16. The maximum Gasteiger partial charge on any atom is 0.417 e. The van der Waals surface area contributed by atoms with Crippen molar-refractivity contribution in [3.63, 3.8) is 0 Å². The van der Waals surface area contributed by atoms with Gasteiger partial charge in [0.25, 0.3) is 5.91 Å². The van der Waals surface area contributed by atoms with Crippen molar-refractivity contribution in [1.29, 1.82) is 0 Å². The minimum absolute atomic E-state index is 0.0150. The number of phenols is 1. The Kier molecular flexibility index (Phi) is 5.31. The molecular formula is C17H14F3NO4. The summed E-state index contributed by atoms with van der Waals surface area (Å²) < 4.78 is 38.9. The number of carboxylic acids is 1. The van der Waals surface area contributed by atoms with E-state index >= 15 is 0 Å². The molecular weight excluding hydrogens is 339 g/mol. The van der Waals surface area contributed by atoms with Gasteiger partial charge in [-0.25, -0.2) is 4.79 Å². The van der Waals surface area contributed by atoms with E-state index in [2.05, 4.69) is 5.32 Å². The second-order valence-corrected chi connectivity index (χ2v) is 5.28. The molecule has 0 saturated carbocycles. The number of hydrogen-bond acceptors (Lipinski definition) is 3. The van der Waals surface area contributed by atoms with Gasteiger partial charge >= 0.3 is 12.1 Å². The molecule has 2 aromatic carbocycles. The molecule has 2 aromatic rings. The molecule has 0 fully saturated rings. The molecule has 0 aliphatic carbocycles. The first-order valence-electron chi connectivity index (χ1n) is 7.16. The van der Waals surface area contributed by atoms with Crippen LogP contribution in [0.15, 0.2) is 48.5 Å². The number of aromatic hydroxyl groups is 1. The number of aliphatic carboxylic acids is 1. The van der Waals surface area contributed by atoms with Gasteiger partial charge < -0.3 is 15.5 Å². The van der Waals surface area contributed by atoms with Crippen LogP contribution in [0.3, 0.4) is 0 Å². The van der Waals surface area contributed by atoms with Gasteiger partial charge in [-0.2, -0.15) is 13.2 Å². The highest BCUT2D eigenvalue weighted by Crippen LogP contribution is 2.31. The van der Waals surface area contributed by atoms with E-state index in [0.717, 1.165) is 18.2 Å². The summed E-state index contributed by atoms with van der Waals surface area (Å²) in [5, 5.41) is 20.5. The van der Waals surface area contributed by atoms with Crippen molar-refractivity contribution in [3.05, 3.63) is 65.2 Å². The number of phenolic OH excluding ortho intramolecular Hbond substituents is 1. The van der Waals surface area contributed by atoms with Gasteiger partial charge in [-0.15, -0.1) is 0 Å². The molecule has 0 radical (unpaired) electrons. The number of hydrogen-bond donors (Lipinski definition) is 3. The summed E-state index contributed by atoms with van der Waals surface area (Å²) in [6, 6.07) is 8.33. The van der Waals surface area contributed by atoms with Gasteiger partial charge in [-0.3, -0.25) is 4.79 Å². The average Bonchev–Trinajstić information content (AvgIpc) is 2.55. The van der Waals surface area contributed by atoms with Crippen LogP contribution >= 0.6 is 0 Å². The predicted octanol–water partition coefficient (Wildman–Crippen LogP) is 2.84. The monoisotopic (exact) mass is 353 g/mol. The Hall–Kier alpha value is -3.03. The Morgan fingerprint density at radius 2 is 1.64 bits per heavy atom. The fourth-order valence-electron chi connectivity index (χ4n) is 2.23. The summed E-state index contributed by atoms with van der Waals surface area (Å²) in [4.78, 5) is 23.5. The minimum atomic E-state index is -4.73. The van der Waals surface area contributed by atoms with Gasteiger partial charge in [0.1, 0.15) is 11.8 Å². The van der Waals surface area contributed by atoms with Crippen LogP contribution in [0, 0.1) is 0 Å². The third-order valence-corrected chi connectivity index (χ3v) is 3.46. The van der Waals surface area contributed by atoms with Crippen LogP contribution in [-0.2, 0) is 17.4 Å². The van der Waals surface area contributed by atoms with E-state index in [1.165, 1.54) is 30.3 Å². The Labute approximate surface area is 140 Å². The van der Waals surface area contributed by atoms with Gasteiger partial charge in [0.05, 0.1) is 11.1 Å². The Morgan fingerprint density at radius 3 is 2.20 bits per heavy atom. The maximum atomic E-state index is 13.0. The summed E-state index contributed by atoms with van der Waals surface area (Å²) in [6.07, 6.45) is -4.88. The number of carbonyl (C=O) groups is 2. The molecule has 0 spiro atoms. The number of rotatable bonds is 5. The summed E-state index contributed by atoms with van der Waals surface area (Å²) in [5.74, 6) is -2.52. The molecule has 0 heterocycles. The molecule has 5 nitrogen and oxygen atoms in total. The lowest BCUT2D eigenvalue weighted by molar-refractivity contribution is -0.139. The lowest BCUT2D eigenvalue weighted by Gasteiger charge is -2.17. The van der Waals surface area contributed by atoms with Crippen molar-refractivity contribution in [2.45, 2.75) is 18.6 Å². The van der Waals surface area contributed by atoms with Crippen LogP contribution in [0.2, 0.25) is 0 Å². The SMILES string of the molecule is O=C(NC(Cc1ccc(O)cc1)C(=O)O)c1ccccc1C(F)(F)F. The van der Waals surface area contributed by atoms with Gasteiger partial charge in [0, 0.05) is 6.42 Å². The topological polar surface area (TPSA) is 86.6 Å². The molecule has 25 heavy (non-hydrogen) atoms. The van der Waals surface area contributed by atoms with E-state index in [4.69, 9.17) is 0 Å². The van der Waals surface area contributed by atoms with Gasteiger partial charge in [0.2, 0.25) is 0 Å². The van der Waals surface area contributed by atoms with E-state index < -0.39 is 35.2 Å². The lowest BCUT2D eigenvalue weighted by atomic mass is 10.0. The zero-order valence-corrected chi connectivity index (χ0v) is 12.7. The number of nitrogens with one attached hydrogen (secondary N) is 1. The van der Waals surface area contributed by atoms with Gasteiger partial charge in [0.15, 0.2) is 0 Å². The highest BCUT2D eigenvalue weighted by molar-refractivity contribution is 5.98. The zero-order valence-electron chi connectivity index (χ0n) is 12.7. The van der Waals surface area contributed by atoms with Crippen molar-refractivity contribution in [3.8, 4) is 5.75 Å². The van der Waals surface area contributed by atoms with Crippen molar-refractivity contribution in [2.24, 2.45) is 0 Å². The van der Waals surface area contributed by atoms with Crippen molar-refractivity contribution >= 4 is 11.9 Å². The van der Waals surface area contributed by atoms with E-state index in [-0.39, 0.29) is 12.2 Å².